The number of amides is 1. The van der Waals surface area contributed by atoms with Gasteiger partial charge in [0.05, 0.1) is 17.2 Å². The van der Waals surface area contributed by atoms with Crippen LogP contribution in [0, 0.1) is 15.9 Å². The van der Waals surface area contributed by atoms with E-state index in [9.17, 15) is 19.3 Å². The van der Waals surface area contributed by atoms with Crippen molar-refractivity contribution >= 4 is 23.4 Å². The molecule has 2 heterocycles. The summed E-state index contributed by atoms with van der Waals surface area (Å²) in [5.41, 5.74) is 1.44. The number of thioether (sulfide) groups is 1. The molecule has 4 aromatic rings. The predicted octanol–water partition coefficient (Wildman–Crippen LogP) is 4.69. The molecule has 168 valence electrons. The number of carbonyl (C=O) groups is 1. The number of carbonyl (C=O) groups excluding carboxylic acids is 1. The van der Waals surface area contributed by atoms with Crippen LogP contribution in [-0.2, 0) is 5.75 Å². The van der Waals surface area contributed by atoms with E-state index in [-0.39, 0.29) is 17.3 Å². The fourth-order valence-electron chi connectivity index (χ4n) is 3.09. The Hall–Kier alpha value is -3.99. The molecule has 4 rings (SSSR count). The first-order chi connectivity index (χ1) is 15.9. The molecule has 2 aromatic heterocycles. The number of hydrogen-bond acceptors (Lipinski definition) is 7. The van der Waals surface area contributed by atoms with E-state index in [0.717, 1.165) is 5.56 Å². The number of nitro groups is 1. The largest absolute Gasteiger partial charge is 0.459 e. The lowest BCUT2D eigenvalue weighted by Gasteiger charge is -2.16. The molecular weight excluding hydrogens is 449 g/mol. The maximum atomic E-state index is 13.2. The summed E-state index contributed by atoms with van der Waals surface area (Å²) < 4.78 is 20.1. The second-order valence-electron chi connectivity index (χ2n) is 7.04. The third kappa shape index (κ3) is 5.09. The summed E-state index contributed by atoms with van der Waals surface area (Å²) in [5, 5.41) is 22.9. The number of rotatable bonds is 8. The molecule has 1 unspecified atom stereocenters. The highest BCUT2D eigenvalue weighted by atomic mass is 32.2. The highest BCUT2D eigenvalue weighted by Gasteiger charge is 2.23. The van der Waals surface area contributed by atoms with Crippen LogP contribution in [-0.4, -0.2) is 25.6 Å². The van der Waals surface area contributed by atoms with Crippen molar-refractivity contribution in [2.75, 3.05) is 0 Å². The number of hydrogen-bond donors (Lipinski definition) is 1. The average molecular weight is 467 g/mol. The third-order valence-corrected chi connectivity index (χ3v) is 5.74. The van der Waals surface area contributed by atoms with E-state index in [2.05, 4.69) is 15.5 Å². The molecule has 0 fully saturated rings. The van der Waals surface area contributed by atoms with Crippen molar-refractivity contribution in [3.63, 3.8) is 0 Å². The summed E-state index contributed by atoms with van der Waals surface area (Å²) in [4.78, 5) is 23.0. The van der Waals surface area contributed by atoms with Crippen LogP contribution in [0.4, 0.5) is 10.1 Å². The molecule has 1 amide bonds. The number of non-ortho nitro benzene ring substituents is 1. The van der Waals surface area contributed by atoms with Crippen LogP contribution in [0.5, 0.6) is 0 Å². The molecule has 11 heteroatoms. The number of nitrogens with zero attached hydrogens (tertiary/aromatic N) is 4. The second kappa shape index (κ2) is 9.65. The molecule has 33 heavy (non-hydrogen) atoms. The molecule has 1 N–H and O–H groups in total. The quantitative estimate of drug-likeness (QED) is 0.227. The minimum Gasteiger partial charge on any atom is -0.459 e. The van der Waals surface area contributed by atoms with Gasteiger partial charge in [-0.3, -0.25) is 19.5 Å². The molecule has 1 atom stereocenters. The van der Waals surface area contributed by atoms with Crippen LogP contribution in [0.3, 0.4) is 0 Å². The van der Waals surface area contributed by atoms with Crippen LogP contribution in [0.1, 0.15) is 34.9 Å². The molecule has 9 nitrogen and oxygen atoms in total. The van der Waals surface area contributed by atoms with Crippen LogP contribution in [0.25, 0.3) is 5.69 Å². The standard InChI is InChI=1S/C22H18FN5O4S/c1-14(24-21(29)19-3-2-12-32-19)20-25-26-22(33-13-15-4-6-16(23)7-5-15)27(20)17-8-10-18(11-9-17)28(30)31/h2-12,14H,13H2,1H3,(H,24,29). The first kappa shape index (κ1) is 22.2. The number of aromatic nitrogens is 3. The highest BCUT2D eigenvalue weighted by Crippen LogP contribution is 2.28. The summed E-state index contributed by atoms with van der Waals surface area (Å²) in [6.45, 7) is 1.75. The smallest absolute Gasteiger partial charge is 0.287 e. The lowest BCUT2D eigenvalue weighted by Crippen LogP contribution is -2.28. The lowest BCUT2D eigenvalue weighted by molar-refractivity contribution is -0.384. The van der Waals surface area contributed by atoms with Gasteiger partial charge in [0.1, 0.15) is 5.82 Å². The predicted molar refractivity (Wildman–Crippen MR) is 119 cm³/mol. The fraction of sp³-hybridized carbons (Fsp3) is 0.136. The van der Waals surface area contributed by atoms with Crippen molar-refractivity contribution in [2.24, 2.45) is 0 Å². The first-order valence-corrected chi connectivity index (χ1v) is 10.8. The van der Waals surface area contributed by atoms with E-state index in [1.165, 1.54) is 42.3 Å². The monoisotopic (exact) mass is 467 g/mol. The van der Waals surface area contributed by atoms with E-state index in [4.69, 9.17) is 4.42 Å². The Labute approximate surface area is 191 Å². The van der Waals surface area contributed by atoms with Gasteiger partial charge in [-0.1, -0.05) is 23.9 Å². The second-order valence-corrected chi connectivity index (χ2v) is 7.98. The van der Waals surface area contributed by atoms with Gasteiger partial charge in [-0.05, 0) is 48.9 Å². The van der Waals surface area contributed by atoms with Crippen molar-refractivity contribution in [3.05, 3.63) is 100 Å². The molecule has 0 aliphatic heterocycles. The molecule has 0 bridgehead atoms. The van der Waals surface area contributed by atoms with E-state index in [0.29, 0.717) is 22.4 Å². The fourth-order valence-corrected chi connectivity index (χ4v) is 4.00. The highest BCUT2D eigenvalue weighted by molar-refractivity contribution is 7.98. The van der Waals surface area contributed by atoms with Gasteiger partial charge in [0.2, 0.25) is 0 Å². The zero-order valence-corrected chi connectivity index (χ0v) is 18.2. The maximum absolute atomic E-state index is 13.2. The summed E-state index contributed by atoms with van der Waals surface area (Å²) in [5.74, 6) is 0.366. The van der Waals surface area contributed by atoms with Crippen LogP contribution in [0.15, 0.2) is 76.5 Å². The van der Waals surface area contributed by atoms with Crippen molar-refractivity contribution < 1.29 is 18.5 Å². The minimum atomic E-state index is -0.550. The van der Waals surface area contributed by atoms with Crippen LogP contribution < -0.4 is 5.32 Å². The van der Waals surface area contributed by atoms with Crippen LogP contribution in [0.2, 0.25) is 0 Å². The first-order valence-electron chi connectivity index (χ1n) is 9.84. The van der Waals surface area contributed by atoms with Gasteiger partial charge in [-0.25, -0.2) is 4.39 Å². The summed E-state index contributed by atoms with van der Waals surface area (Å²) >= 11 is 1.37. The summed E-state index contributed by atoms with van der Waals surface area (Å²) in [6, 6.07) is 14.7. The Balaban J connectivity index is 1.64. The average Bonchev–Trinajstić information content (AvgIpc) is 3.49. The Bertz CT molecular complexity index is 1260. The maximum Gasteiger partial charge on any atom is 0.287 e. The van der Waals surface area contributed by atoms with Gasteiger partial charge in [0.15, 0.2) is 16.7 Å². The number of halogens is 1. The minimum absolute atomic E-state index is 0.0481. The Morgan fingerprint density at radius 2 is 1.91 bits per heavy atom. The van der Waals surface area contributed by atoms with Gasteiger partial charge in [-0.15, -0.1) is 10.2 Å². The number of benzene rings is 2. The zero-order chi connectivity index (χ0) is 23.4. The van der Waals surface area contributed by atoms with Crippen molar-refractivity contribution in [1.29, 1.82) is 0 Å². The summed E-state index contributed by atoms with van der Waals surface area (Å²) in [6.07, 6.45) is 1.41. The molecule has 0 spiro atoms. The van der Waals surface area contributed by atoms with Crippen molar-refractivity contribution in [2.45, 2.75) is 23.9 Å². The van der Waals surface area contributed by atoms with E-state index in [1.807, 2.05) is 0 Å². The normalized spacial score (nSPS) is 11.8. The molecule has 2 aromatic carbocycles. The van der Waals surface area contributed by atoms with Gasteiger partial charge >= 0.3 is 0 Å². The van der Waals surface area contributed by atoms with Gasteiger partial charge < -0.3 is 9.73 Å². The Morgan fingerprint density at radius 1 is 1.18 bits per heavy atom. The Kier molecular flexibility index (Phi) is 6.50. The van der Waals surface area contributed by atoms with E-state index >= 15 is 0 Å². The molecule has 0 saturated carbocycles. The van der Waals surface area contributed by atoms with Crippen molar-refractivity contribution in [1.82, 2.24) is 20.1 Å². The topological polar surface area (TPSA) is 116 Å². The zero-order valence-electron chi connectivity index (χ0n) is 17.3. The number of nitro benzene ring substituents is 1. The van der Waals surface area contributed by atoms with Crippen LogP contribution >= 0.6 is 11.8 Å². The van der Waals surface area contributed by atoms with Gasteiger partial charge in [0, 0.05) is 23.6 Å². The molecule has 0 saturated heterocycles. The molecule has 0 radical (unpaired) electrons. The number of nitrogens with one attached hydrogen (secondary N) is 1. The molecule has 0 aliphatic rings. The molecule has 0 aliphatic carbocycles. The number of furan rings is 1. The van der Waals surface area contributed by atoms with E-state index in [1.54, 1.807) is 47.9 Å². The molecular formula is C22H18FN5O4S. The summed E-state index contributed by atoms with van der Waals surface area (Å²) in [7, 11) is 0. The van der Waals surface area contributed by atoms with E-state index < -0.39 is 16.9 Å². The third-order valence-electron chi connectivity index (χ3n) is 4.74. The van der Waals surface area contributed by atoms with Crippen molar-refractivity contribution in [3.8, 4) is 5.69 Å². The Morgan fingerprint density at radius 3 is 2.55 bits per heavy atom. The van der Waals surface area contributed by atoms with Gasteiger partial charge in [-0.2, -0.15) is 0 Å². The lowest BCUT2D eigenvalue weighted by atomic mass is 10.2. The van der Waals surface area contributed by atoms with Gasteiger partial charge in [0.25, 0.3) is 11.6 Å². The SMILES string of the molecule is CC(NC(=O)c1ccco1)c1nnc(SCc2ccc(F)cc2)n1-c1ccc([N+](=O)[O-])cc1.